The summed E-state index contributed by atoms with van der Waals surface area (Å²) < 4.78 is 5.43. The van der Waals surface area contributed by atoms with Crippen molar-refractivity contribution in [2.45, 2.75) is 55.8 Å². The molecule has 0 aliphatic heterocycles. The van der Waals surface area contributed by atoms with Crippen molar-refractivity contribution in [2.75, 3.05) is 6.54 Å². The Labute approximate surface area is 109 Å². The molecule has 0 rings (SSSR count). The zero-order valence-corrected chi connectivity index (χ0v) is 14.8. The summed E-state index contributed by atoms with van der Waals surface area (Å²) in [6.45, 7) is 11.6. The molecule has 0 heterocycles. The average molecular weight is 327 g/mol. The van der Waals surface area contributed by atoms with E-state index in [0.29, 0.717) is 0 Å². The number of rotatable bonds is 8. The van der Waals surface area contributed by atoms with Crippen LogP contribution in [0.4, 0.5) is 0 Å². The monoisotopic (exact) mass is 327 g/mol. The van der Waals surface area contributed by atoms with Crippen LogP contribution >= 0.6 is 0 Å². The van der Waals surface area contributed by atoms with E-state index in [2.05, 4.69) is 30.6 Å². The summed E-state index contributed by atoms with van der Waals surface area (Å²) in [5.41, 5.74) is 1.21. The van der Waals surface area contributed by atoms with E-state index in [1.54, 1.807) is 13.0 Å². The van der Waals surface area contributed by atoms with Crippen molar-refractivity contribution in [1.82, 2.24) is 2.89 Å². The molecule has 0 N–H and O–H groups in total. The summed E-state index contributed by atoms with van der Waals surface area (Å²) >= 11 is -1.59. The molecule has 0 amide bonds. The standard InChI is InChI=1S/C7H13NO.2C3H7.In/c1-4-8-6(2)5-7(3)9;2*1-3-2;/h5H,4H2,1-3H3,(H,8,9);2*1,3H2,2H3;/q;;;+1/p-1. The molecule has 0 fully saturated rings. The van der Waals surface area contributed by atoms with Gasteiger partial charge in [0.05, 0.1) is 0 Å². The number of carbonyl (C=O) groups excluding carboxylic acids is 1. The fraction of sp³-hybridized carbons (Fsp3) is 0.769. The number of allylic oxidation sites excluding steroid dienone is 2. The van der Waals surface area contributed by atoms with Crippen molar-refractivity contribution in [3.8, 4) is 0 Å². The molecule has 16 heavy (non-hydrogen) atoms. The van der Waals surface area contributed by atoms with Crippen LogP contribution in [0.2, 0.25) is 8.35 Å². The van der Waals surface area contributed by atoms with Gasteiger partial charge in [-0.25, -0.2) is 0 Å². The molecule has 0 unspecified atom stereocenters. The Morgan fingerprint density at radius 2 is 1.62 bits per heavy atom. The van der Waals surface area contributed by atoms with Crippen LogP contribution in [0.25, 0.3) is 0 Å². The Kier molecular flexibility index (Phi) is 9.19. The predicted molar refractivity (Wildman–Crippen MR) is 72.8 cm³/mol. The van der Waals surface area contributed by atoms with Gasteiger partial charge in [0, 0.05) is 0 Å². The summed E-state index contributed by atoms with van der Waals surface area (Å²) in [5, 5.41) is 0. The zero-order valence-electron chi connectivity index (χ0n) is 11.5. The second kappa shape index (κ2) is 9.15. The molecule has 92 valence electrons. The molecule has 0 aromatic carbocycles. The van der Waals surface area contributed by atoms with Gasteiger partial charge >= 0.3 is 109 Å². The third kappa shape index (κ3) is 5.97. The summed E-state index contributed by atoms with van der Waals surface area (Å²) in [7, 11) is 0. The first-order chi connectivity index (χ1) is 7.56. The van der Waals surface area contributed by atoms with E-state index < -0.39 is 21.7 Å². The van der Waals surface area contributed by atoms with E-state index in [9.17, 15) is 4.79 Å². The van der Waals surface area contributed by atoms with E-state index in [1.165, 1.54) is 26.9 Å². The number of nitrogens with zero attached hydrogens (tertiary/aromatic N) is 1. The van der Waals surface area contributed by atoms with Crippen LogP contribution in [-0.4, -0.2) is 36.9 Å². The molecule has 0 aliphatic rings. The topological polar surface area (TPSA) is 20.3 Å². The molecular weight excluding hydrogens is 301 g/mol. The molecule has 3 heteroatoms. The number of hydrogen-bond donors (Lipinski definition) is 0. The van der Waals surface area contributed by atoms with Crippen molar-refractivity contribution in [3.63, 3.8) is 0 Å². The van der Waals surface area contributed by atoms with Crippen LogP contribution in [0.1, 0.15) is 47.5 Å². The second-order valence-corrected chi connectivity index (χ2v) is 13.2. The maximum atomic E-state index is 11.1. The predicted octanol–water partition coefficient (Wildman–Crippen LogP) is 3.61. The van der Waals surface area contributed by atoms with Gasteiger partial charge in [0.1, 0.15) is 0 Å². The van der Waals surface area contributed by atoms with Gasteiger partial charge in [0.25, 0.3) is 0 Å². The van der Waals surface area contributed by atoms with Gasteiger partial charge < -0.3 is 0 Å². The minimum atomic E-state index is -1.59. The third-order valence-electron chi connectivity index (χ3n) is 2.89. The Bertz CT molecular complexity index is 232. The van der Waals surface area contributed by atoms with E-state index in [0.717, 1.165) is 6.54 Å². The van der Waals surface area contributed by atoms with Crippen LogP contribution in [0, 0.1) is 0 Å². The molecule has 0 bridgehead atoms. The van der Waals surface area contributed by atoms with E-state index in [1.807, 2.05) is 0 Å². The summed E-state index contributed by atoms with van der Waals surface area (Å²) in [4.78, 5) is 11.1. The fourth-order valence-electron chi connectivity index (χ4n) is 2.30. The SMILES string of the molecule is CC[CH2][In]([CH2]CC)[N](CC)/C(C)=C\C(C)=O. The summed E-state index contributed by atoms with van der Waals surface area (Å²) in [6.07, 6.45) is 4.40. The van der Waals surface area contributed by atoms with Crippen LogP contribution in [0.5, 0.6) is 0 Å². The molecule has 2 nitrogen and oxygen atoms in total. The van der Waals surface area contributed by atoms with Crippen LogP contribution < -0.4 is 0 Å². The number of carbonyl (C=O) groups is 1. The maximum absolute atomic E-state index is 11.1. The number of ketones is 1. The van der Waals surface area contributed by atoms with E-state index >= 15 is 0 Å². The van der Waals surface area contributed by atoms with Gasteiger partial charge in [-0.3, -0.25) is 0 Å². The molecule has 0 atom stereocenters. The van der Waals surface area contributed by atoms with Crippen LogP contribution in [0.15, 0.2) is 11.8 Å². The van der Waals surface area contributed by atoms with Gasteiger partial charge in [0.2, 0.25) is 0 Å². The first-order valence-corrected chi connectivity index (χ1v) is 12.7. The molecule has 0 aliphatic carbocycles. The Hall–Kier alpha value is 0.0801. The van der Waals surface area contributed by atoms with Crippen LogP contribution in [-0.2, 0) is 4.79 Å². The summed E-state index contributed by atoms with van der Waals surface area (Å²) in [6, 6.07) is 0. The van der Waals surface area contributed by atoms with Crippen molar-refractivity contribution >= 4 is 27.5 Å². The van der Waals surface area contributed by atoms with Crippen molar-refractivity contribution in [3.05, 3.63) is 11.8 Å². The molecular formula is C13H26InNO. The Morgan fingerprint density at radius 1 is 1.12 bits per heavy atom. The first kappa shape index (κ1) is 16.1. The molecule has 0 saturated heterocycles. The zero-order chi connectivity index (χ0) is 12.6. The van der Waals surface area contributed by atoms with Gasteiger partial charge in [0.15, 0.2) is 0 Å². The van der Waals surface area contributed by atoms with E-state index in [4.69, 9.17) is 0 Å². The number of hydrogen-bond acceptors (Lipinski definition) is 2. The van der Waals surface area contributed by atoms with Gasteiger partial charge in [-0.1, -0.05) is 0 Å². The van der Waals surface area contributed by atoms with Gasteiger partial charge in [-0.05, 0) is 0 Å². The fourth-order valence-corrected chi connectivity index (χ4v) is 12.0. The summed E-state index contributed by atoms with van der Waals surface area (Å²) in [5.74, 6) is 0.175. The van der Waals surface area contributed by atoms with E-state index in [-0.39, 0.29) is 5.78 Å². The average Bonchev–Trinajstić information content (AvgIpc) is 2.18. The van der Waals surface area contributed by atoms with Gasteiger partial charge in [-0.15, -0.1) is 0 Å². The molecule has 0 aromatic rings. The van der Waals surface area contributed by atoms with Gasteiger partial charge in [-0.2, -0.15) is 0 Å². The first-order valence-electron chi connectivity index (χ1n) is 6.52. The second-order valence-electron chi connectivity index (χ2n) is 4.41. The Morgan fingerprint density at radius 3 is 1.94 bits per heavy atom. The van der Waals surface area contributed by atoms with Crippen LogP contribution in [0.3, 0.4) is 0 Å². The molecule has 0 saturated carbocycles. The van der Waals surface area contributed by atoms with Crippen molar-refractivity contribution in [2.24, 2.45) is 0 Å². The molecule has 0 spiro atoms. The normalized spacial score (nSPS) is 11.4. The molecule has 0 radical (unpaired) electrons. The Balaban J connectivity index is 4.70. The van der Waals surface area contributed by atoms with Crippen molar-refractivity contribution < 1.29 is 4.79 Å². The molecule has 0 aromatic heterocycles. The van der Waals surface area contributed by atoms with Crippen molar-refractivity contribution in [1.29, 1.82) is 0 Å². The minimum absolute atomic E-state index is 0.175. The quantitative estimate of drug-likeness (QED) is 0.635. The third-order valence-corrected chi connectivity index (χ3v) is 14.7.